The molecule has 1 heterocycles. The van der Waals surface area contributed by atoms with Gasteiger partial charge in [0.25, 0.3) is 0 Å². The van der Waals surface area contributed by atoms with E-state index in [4.69, 9.17) is 0 Å². The first-order valence-electron chi connectivity index (χ1n) is 13.6. The number of anilines is 2. The predicted molar refractivity (Wildman–Crippen MR) is 165 cm³/mol. The van der Waals surface area contributed by atoms with E-state index >= 15 is 0 Å². The van der Waals surface area contributed by atoms with Gasteiger partial charge in [-0.25, -0.2) is 4.79 Å². The fourth-order valence-corrected chi connectivity index (χ4v) is 4.58. The first kappa shape index (κ1) is 32.7. The van der Waals surface area contributed by atoms with E-state index in [9.17, 15) is 19.5 Å². The number of carboxylic acid groups (broad SMARTS) is 1. The number of amides is 1. The fourth-order valence-electron chi connectivity index (χ4n) is 4.58. The average molecular weight is 612 g/mol. The molecule has 0 bridgehead atoms. The maximum atomic E-state index is 12.3. The van der Waals surface area contributed by atoms with Crippen molar-refractivity contribution in [2.75, 3.05) is 36.1 Å². The quantitative estimate of drug-likeness (QED) is 0.190. The van der Waals surface area contributed by atoms with Crippen LogP contribution < -0.4 is 15.5 Å². The van der Waals surface area contributed by atoms with E-state index in [-0.39, 0.29) is 11.7 Å². The summed E-state index contributed by atoms with van der Waals surface area (Å²) in [6.45, 7) is 6.51. The highest BCUT2D eigenvalue weighted by Gasteiger charge is 2.23. The highest BCUT2D eigenvalue weighted by atomic mass is 79.9. The maximum absolute atomic E-state index is 12.3. The minimum absolute atomic E-state index is 0.0997. The summed E-state index contributed by atoms with van der Waals surface area (Å²) in [5.41, 5.74) is 3.00. The van der Waals surface area contributed by atoms with Gasteiger partial charge in [-0.3, -0.25) is 9.59 Å². The molecule has 1 unspecified atom stereocenters. The molecule has 3 aromatic carbocycles. The highest BCUT2D eigenvalue weighted by Crippen LogP contribution is 2.19. The molecular weight excluding hydrogens is 570 g/mol. The molecule has 1 aliphatic heterocycles. The van der Waals surface area contributed by atoms with Gasteiger partial charge in [-0.15, -0.1) is 0 Å². The van der Waals surface area contributed by atoms with Crippen molar-refractivity contribution in [1.29, 1.82) is 0 Å². The van der Waals surface area contributed by atoms with Gasteiger partial charge in [-0.05, 0) is 66.6 Å². The lowest BCUT2D eigenvalue weighted by Crippen LogP contribution is -3.13. The molecule has 8 heteroatoms. The van der Waals surface area contributed by atoms with Crippen LogP contribution in [0.25, 0.3) is 0 Å². The number of hydrogen-bond donors (Lipinski definition) is 4. The summed E-state index contributed by atoms with van der Waals surface area (Å²) in [5, 5.41) is 14.9. The minimum Gasteiger partial charge on any atom is -0.479 e. The van der Waals surface area contributed by atoms with Gasteiger partial charge in [0.05, 0.1) is 13.1 Å². The van der Waals surface area contributed by atoms with Gasteiger partial charge in [0.15, 0.2) is 6.04 Å². The molecule has 4 rings (SSSR count). The zero-order valence-electron chi connectivity index (χ0n) is 23.5. The predicted octanol–water partition coefficient (Wildman–Crippen LogP) is 5.47. The zero-order valence-corrected chi connectivity index (χ0v) is 25.1. The number of quaternary nitrogens is 1. The molecule has 40 heavy (non-hydrogen) atoms. The number of para-hydroxylation sites is 1. The molecular formula is C32H41BrN3O4+. The number of likely N-dealkylation sites (tertiary alicyclic amines) is 1. The van der Waals surface area contributed by atoms with Crippen LogP contribution in [-0.4, -0.2) is 48.2 Å². The molecule has 0 aliphatic carbocycles. The number of carbonyl (C=O) groups excluding carboxylic acids is 2. The molecule has 214 valence electrons. The molecule has 1 aliphatic rings. The van der Waals surface area contributed by atoms with Crippen LogP contribution in [0.2, 0.25) is 0 Å². The summed E-state index contributed by atoms with van der Waals surface area (Å²) in [6, 6.07) is 24.9. The monoisotopic (exact) mass is 610 g/mol. The number of alkyl halides is 1. The Balaban J connectivity index is 0.000000269. The number of nitrogens with one attached hydrogen (secondary N) is 3. The standard InChI is InChI=1S/C17H24N2O2.C14H13NO2.CH3Br/c1-3-14-8-10-19(11-9-14)12-17(21)15-4-6-16(7-5-15)18-13(2)20;16-14(17)13(11-7-3-1-4-8-11)15-12-9-5-2-6-10-12;1-2/h4-7,14H,3,8-12H2,1-2H3,(H,18,20);1-10,13,15H,(H,16,17);1H3/p+1. The van der Waals surface area contributed by atoms with E-state index in [2.05, 4.69) is 33.5 Å². The molecule has 0 saturated carbocycles. The molecule has 1 saturated heterocycles. The summed E-state index contributed by atoms with van der Waals surface area (Å²) >= 11 is 2.94. The van der Waals surface area contributed by atoms with Gasteiger partial charge in [0.1, 0.15) is 6.54 Å². The van der Waals surface area contributed by atoms with Crippen LogP contribution in [-0.2, 0) is 9.59 Å². The number of ketones is 1. The molecule has 4 N–H and O–H groups in total. The molecule has 0 aromatic heterocycles. The number of hydrogen-bond acceptors (Lipinski definition) is 4. The van der Waals surface area contributed by atoms with Crippen molar-refractivity contribution in [3.63, 3.8) is 0 Å². The molecule has 0 spiro atoms. The topological polar surface area (TPSA) is 99.9 Å². The van der Waals surface area contributed by atoms with Gasteiger partial charge in [-0.2, -0.15) is 0 Å². The average Bonchev–Trinajstić information content (AvgIpc) is 2.98. The Morgan fingerprint density at radius 3 is 1.93 bits per heavy atom. The first-order chi connectivity index (χ1) is 19.4. The van der Waals surface area contributed by atoms with Crippen molar-refractivity contribution in [3.05, 3.63) is 96.1 Å². The normalized spacial score (nSPS) is 16.6. The second kappa shape index (κ2) is 18.0. The Hall–Kier alpha value is -3.49. The van der Waals surface area contributed by atoms with E-state index < -0.39 is 12.0 Å². The Morgan fingerprint density at radius 1 is 0.875 bits per heavy atom. The third kappa shape index (κ3) is 11.3. The molecule has 1 amide bonds. The van der Waals surface area contributed by atoms with Crippen LogP contribution in [0.4, 0.5) is 11.4 Å². The van der Waals surface area contributed by atoms with Crippen molar-refractivity contribution in [3.8, 4) is 0 Å². The molecule has 1 atom stereocenters. The van der Waals surface area contributed by atoms with Crippen LogP contribution in [0.1, 0.15) is 55.1 Å². The van der Waals surface area contributed by atoms with Crippen LogP contribution >= 0.6 is 15.9 Å². The number of halogens is 1. The largest absolute Gasteiger partial charge is 0.479 e. The summed E-state index contributed by atoms with van der Waals surface area (Å²) in [6.07, 6.45) is 3.73. The fraction of sp³-hybridized carbons (Fsp3) is 0.344. The van der Waals surface area contributed by atoms with Crippen LogP contribution in [0.3, 0.4) is 0 Å². The number of carboxylic acids is 1. The van der Waals surface area contributed by atoms with Crippen LogP contribution in [0.15, 0.2) is 84.9 Å². The van der Waals surface area contributed by atoms with E-state index in [1.165, 1.54) is 31.1 Å². The summed E-state index contributed by atoms with van der Waals surface area (Å²) < 4.78 is 0. The lowest BCUT2D eigenvalue weighted by Gasteiger charge is -2.28. The lowest BCUT2D eigenvalue weighted by atomic mass is 9.94. The summed E-state index contributed by atoms with van der Waals surface area (Å²) in [4.78, 5) is 35.9. The van der Waals surface area contributed by atoms with Crippen molar-refractivity contribution >= 4 is 45.0 Å². The smallest absolute Gasteiger partial charge is 0.330 e. The van der Waals surface area contributed by atoms with Gasteiger partial charge in [-0.1, -0.05) is 77.8 Å². The van der Waals surface area contributed by atoms with E-state index in [0.29, 0.717) is 6.54 Å². The number of benzene rings is 3. The Morgan fingerprint density at radius 2 is 1.43 bits per heavy atom. The second-order valence-corrected chi connectivity index (χ2v) is 9.65. The molecule has 3 aromatic rings. The number of aliphatic carboxylic acids is 1. The molecule has 0 radical (unpaired) electrons. The zero-order chi connectivity index (χ0) is 29.3. The van der Waals surface area contributed by atoms with Crippen LogP contribution in [0.5, 0.6) is 0 Å². The SMILES string of the molecule is CBr.CCC1CC[NH+](CC(=O)c2ccc(NC(C)=O)cc2)CC1.O=C(O)C(Nc1ccccc1)c1ccccc1. The van der Waals surface area contributed by atoms with Gasteiger partial charge in [0.2, 0.25) is 11.7 Å². The van der Waals surface area contributed by atoms with Gasteiger partial charge in [0, 0.05) is 23.9 Å². The second-order valence-electron chi connectivity index (χ2n) is 9.65. The van der Waals surface area contributed by atoms with Crippen molar-refractivity contribution in [1.82, 2.24) is 0 Å². The van der Waals surface area contributed by atoms with E-state index in [1.807, 2.05) is 54.4 Å². The Labute approximate surface area is 246 Å². The molecule has 7 nitrogen and oxygen atoms in total. The number of Topliss-reactive ketones (excluding diaryl/α,β-unsaturated/α-hetero) is 1. The van der Waals surface area contributed by atoms with Crippen molar-refractivity contribution in [2.24, 2.45) is 5.92 Å². The Kier molecular flexibility index (Phi) is 14.7. The van der Waals surface area contributed by atoms with Gasteiger partial charge < -0.3 is 20.6 Å². The number of carbonyl (C=O) groups is 3. The lowest BCUT2D eigenvalue weighted by molar-refractivity contribution is -0.897. The number of piperidine rings is 1. The third-order valence-electron chi connectivity index (χ3n) is 6.79. The van der Waals surface area contributed by atoms with Crippen molar-refractivity contribution < 1.29 is 24.4 Å². The van der Waals surface area contributed by atoms with E-state index in [0.717, 1.165) is 41.5 Å². The minimum atomic E-state index is -0.889. The Bertz CT molecular complexity index is 1170. The van der Waals surface area contributed by atoms with Crippen molar-refractivity contribution in [2.45, 2.75) is 39.2 Å². The maximum Gasteiger partial charge on any atom is 0.330 e. The van der Waals surface area contributed by atoms with E-state index in [1.54, 1.807) is 36.4 Å². The number of rotatable bonds is 9. The summed E-state index contributed by atoms with van der Waals surface area (Å²) in [5.74, 6) is 1.86. The summed E-state index contributed by atoms with van der Waals surface area (Å²) in [7, 11) is 0. The highest BCUT2D eigenvalue weighted by molar-refractivity contribution is 9.08. The van der Waals surface area contributed by atoms with Gasteiger partial charge >= 0.3 is 5.97 Å². The third-order valence-corrected chi connectivity index (χ3v) is 6.79. The van der Waals surface area contributed by atoms with Crippen LogP contribution in [0, 0.1) is 5.92 Å². The molecule has 1 fully saturated rings. The first-order valence-corrected chi connectivity index (χ1v) is 15.2.